The number of ketones is 1. The van der Waals surface area contributed by atoms with Gasteiger partial charge in [0.05, 0.1) is 0 Å². The number of benzene rings is 1. The molecule has 0 bridgehead atoms. The maximum Gasteiger partial charge on any atom is 0.230 e. The molecule has 0 unspecified atom stereocenters. The van der Waals surface area contributed by atoms with Crippen molar-refractivity contribution in [3.05, 3.63) is 52.4 Å². The molecule has 0 radical (unpaired) electrons. The normalized spacial score (nSPS) is 10.6. The van der Waals surface area contributed by atoms with Gasteiger partial charge < -0.3 is 14.9 Å². The first-order valence-corrected chi connectivity index (χ1v) is 5.67. The van der Waals surface area contributed by atoms with Crippen molar-refractivity contribution in [3.63, 3.8) is 0 Å². The maximum absolute atomic E-state index is 12.1. The molecule has 0 aliphatic heterocycles. The van der Waals surface area contributed by atoms with Gasteiger partial charge in [-0.05, 0) is 30.3 Å². The Balaban J connectivity index is 2.29. The summed E-state index contributed by atoms with van der Waals surface area (Å²) in [6.45, 7) is 0.323. The van der Waals surface area contributed by atoms with E-state index in [0.717, 1.165) is 0 Å². The van der Waals surface area contributed by atoms with Crippen molar-refractivity contribution < 1.29 is 13.9 Å². The number of methoxy groups -OCH3 is 1. The Morgan fingerprint density at radius 2 is 2.17 bits per heavy atom. The topological polar surface area (TPSA) is 65.5 Å². The molecule has 0 amide bonds. The Kier molecular flexibility index (Phi) is 3.69. The van der Waals surface area contributed by atoms with E-state index in [1.165, 1.54) is 6.07 Å². The van der Waals surface area contributed by atoms with Crippen molar-refractivity contribution in [2.75, 3.05) is 12.8 Å². The highest BCUT2D eigenvalue weighted by Crippen LogP contribution is 2.22. The van der Waals surface area contributed by atoms with Crippen LogP contribution >= 0.6 is 11.6 Å². The third kappa shape index (κ3) is 2.55. The third-order valence-corrected chi connectivity index (χ3v) is 2.67. The molecule has 0 atom stereocenters. The number of rotatable bonds is 4. The summed E-state index contributed by atoms with van der Waals surface area (Å²) >= 11 is 5.78. The molecule has 4 nitrogen and oxygen atoms in total. The van der Waals surface area contributed by atoms with Gasteiger partial charge in [0.1, 0.15) is 12.4 Å². The molecule has 2 rings (SSSR count). The third-order valence-electron chi connectivity index (χ3n) is 2.43. The average molecular weight is 266 g/mol. The molecule has 94 valence electrons. The number of furan rings is 1. The van der Waals surface area contributed by atoms with E-state index in [1.54, 1.807) is 31.4 Å². The molecular formula is C13H12ClNO3. The Morgan fingerprint density at radius 3 is 2.83 bits per heavy atom. The van der Waals surface area contributed by atoms with Crippen LogP contribution in [0.15, 0.2) is 34.7 Å². The molecule has 0 aliphatic rings. The molecule has 1 heterocycles. The minimum absolute atomic E-state index is 0.232. The lowest BCUT2D eigenvalue weighted by Gasteiger charge is -2.03. The average Bonchev–Trinajstić information content (AvgIpc) is 2.77. The number of ether oxygens (including phenoxy) is 1. The molecule has 18 heavy (non-hydrogen) atoms. The summed E-state index contributed by atoms with van der Waals surface area (Å²) in [7, 11) is 1.56. The summed E-state index contributed by atoms with van der Waals surface area (Å²) in [5, 5.41) is 0.489. The van der Waals surface area contributed by atoms with Crippen LogP contribution in [-0.2, 0) is 11.3 Å². The standard InChI is InChI=1S/C13H12ClNO3/c1-17-7-9-3-5-12(18-9)13(16)10-4-2-8(14)6-11(10)15/h2-6H,7,15H2,1H3. The molecule has 0 spiro atoms. The van der Waals surface area contributed by atoms with E-state index >= 15 is 0 Å². The first-order valence-electron chi connectivity index (χ1n) is 5.29. The van der Waals surface area contributed by atoms with E-state index in [4.69, 9.17) is 26.5 Å². The zero-order valence-electron chi connectivity index (χ0n) is 9.77. The predicted octanol–water partition coefficient (Wildman–Crippen LogP) is 2.89. The Hall–Kier alpha value is -1.78. The van der Waals surface area contributed by atoms with Crippen LogP contribution < -0.4 is 5.73 Å². The van der Waals surface area contributed by atoms with Gasteiger partial charge in [-0.15, -0.1) is 0 Å². The fraction of sp³-hybridized carbons (Fsp3) is 0.154. The molecule has 1 aromatic heterocycles. The molecule has 0 saturated heterocycles. The van der Waals surface area contributed by atoms with Crippen LogP contribution in [0.4, 0.5) is 5.69 Å². The smallest absolute Gasteiger partial charge is 0.230 e. The number of carbonyl (C=O) groups is 1. The maximum atomic E-state index is 12.1. The number of hydrogen-bond donors (Lipinski definition) is 1. The van der Waals surface area contributed by atoms with Gasteiger partial charge in [-0.1, -0.05) is 11.6 Å². The lowest BCUT2D eigenvalue weighted by Crippen LogP contribution is -2.04. The molecule has 0 fully saturated rings. The minimum atomic E-state index is -0.272. The molecule has 0 saturated carbocycles. The van der Waals surface area contributed by atoms with Gasteiger partial charge in [-0.2, -0.15) is 0 Å². The molecule has 5 heteroatoms. The second-order valence-electron chi connectivity index (χ2n) is 3.76. The van der Waals surface area contributed by atoms with Crippen LogP contribution in [0.2, 0.25) is 5.02 Å². The van der Waals surface area contributed by atoms with Crippen molar-refractivity contribution in [3.8, 4) is 0 Å². The summed E-state index contributed by atoms with van der Waals surface area (Å²) in [5.41, 5.74) is 6.46. The van der Waals surface area contributed by atoms with Crippen molar-refractivity contribution in [1.29, 1.82) is 0 Å². The van der Waals surface area contributed by atoms with Gasteiger partial charge in [0.25, 0.3) is 0 Å². The van der Waals surface area contributed by atoms with Crippen molar-refractivity contribution in [2.24, 2.45) is 0 Å². The second kappa shape index (κ2) is 5.25. The Bertz CT molecular complexity index is 577. The highest BCUT2D eigenvalue weighted by atomic mass is 35.5. The molecular weight excluding hydrogens is 254 g/mol. The van der Waals surface area contributed by atoms with Crippen LogP contribution in [0.3, 0.4) is 0 Å². The Morgan fingerprint density at radius 1 is 1.39 bits per heavy atom. The molecule has 0 aliphatic carbocycles. The quantitative estimate of drug-likeness (QED) is 0.682. The van der Waals surface area contributed by atoms with Crippen LogP contribution in [0.1, 0.15) is 21.9 Å². The Labute approximate surface area is 109 Å². The number of hydrogen-bond acceptors (Lipinski definition) is 4. The van der Waals surface area contributed by atoms with E-state index in [-0.39, 0.29) is 11.5 Å². The van der Waals surface area contributed by atoms with E-state index in [0.29, 0.717) is 28.6 Å². The summed E-state index contributed by atoms with van der Waals surface area (Å²) in [6, 6.07) is 8.03. The SMILES string of the molecule is COCc1ccc(C(=O)c2ccc(Cl)cc2N)o1. The van der Waals surface area contributed by atoms with Gasteiger partial charge >= 0.3 is 0 Å². The van der Waals surface area contributed by atoms with E-state index in [2.05, 4.69) is 0 Å². The number of carbonyl (C=O) groups excluding carboxylic acids is 1. The number of nitrogen functional groups attached to an aromatic ring is 1. The first-order chi connectivity index (χ1) is 8.61. The number of halogens is 1. The van der Waals surface area contributed by atoms with E-state index < -0.39 is 0 Å². The largest absolute Gasteiger partial charge is 0.455 e. The molecule has 2 N–H and O–H groups in total. The zero-order chi connectivity index (χ0) is 13.1. The van der Waals surface area contributed by atoms with Crippen LogP contribution in [0, 0.1) is 0 Å². The second-order valence-corrected chi connectivity index (χ2v) is 4.20. The van der Waals surface area contributed by atoms with Gasteiger partial charge in [0, 0.05) is 23.4 Å². The highest BCUT2D eigenvalue weighted by molar-refractivity contribution is 6.31. The summed E-state index contributed by atoms with van der Waals surface area (Å²) < 4.78 is 10.3. The van der Waals surface area contributed by atoms with Gasteiger partial charge in [-0.25, -0.2) is 0 Å². The predicted molar refractivity (Wildman–Crippen MR) is 68.7 cm³/mol. The van der Waals surface area contributed by atoms with Gasteiger partial charge in [0.15, 0.2) is 5.76 Å². The fourth-order valence-corrected chi connectivity index (χ4v) is 1.77. The van der Waals surface area contributed by atoms with Crippen molar-refractivity contribution >= 4 is 23.1 Å². The van der Waals surface area contributed by atoms with Crippen molar-refractivity contribution in [2.45, 2.75) is 6.61 Å². The van der Waals surface area contributed by atoms with Crippen LogP contribution in [0.25, 0.3) is 0 Å². The summed E-state index contributed by atoms with van der Waals surface area (Å²) in [5.74, 6) is 0.552. The van der Waals surface area contributed by atoms with Gasteiger partial charge in [0.2, 0.25) is 5.78 Å². The minimum Gasteiger partial charge on any atom is -0.455 e. The number of nitrogens with two attached hydrogens (primary N) is 1. The lowest BCUT2D eigenvalue weighted by molar-refractivity contribution is 0.100. The monoisotopic (exact) mass is 265 g/mol. The first kappa shape index (κ1) is 12.7. The zero-order valence-corrected chi connectivity index (χ0v) is 10.5. The van der Waals surface area contributed by atoms with Crippen molar-refractivity contribution in [1.82, 2.24) is 0 Å². The van der Waals surface area contributed by atoms with E-state index in [1.807, 2.05) is 0 Å². The summed E-state index contributed by atoms with van der Waals surface area (Å²) in [4.78, 5) is 12.1. The van der Waals surface area contributed by atoms with Crippen LogP contribution in [-0.4, -0.2) is 12.9 Å². The lowest BCUT2D eigenvalue weighted by atomic mass is 10.1. The molecule has 2 aromatic rings. The number of anilines is 1. The van der Waals surface area contributed by atoms with Gasteiger partial charge in [-0.3, -0.25) is 4.79 Å². The van der Waals surface area contributed by atoms with Crippen LogP contribution in [0.5, 0.6) is 0 Å². The fourth-order valence-electron chi connectivity index (χ4n) is 1.59. The van der Waals surface area contributed by atoms with E-state index in [9.17, 15) is 4.79 Å². The summed E-state index contributed by atoms with van der Waals surface area (Å²) in [6.07, 6.45) is 0. The molecule has 1 aromatic carbocycles. The highest BCUT2D eigenvalue weighted by Gasteiger charge is 2.16.